The average Bonchev–Trinajstić information content (AvgIpc) is 2.55. The molecule has 0 saturated heterocycles. The summed E-state index contributed by atoms with van der Waals surface area (Å²) < 4.78 is 5.42. The predicted molar refractivity (Wildman–Crippen MR) is 86.7 cm³/mol. The number of hydrogen-bond acceptors (Lipinski definition) is 4. The van der Waals surface area contributed by atoms with Crippen LogP contribution >= 0.6 is 0 Å². The number of pyridine rings is 1. The number of aryl methyl sites for hydroxylation is 2. The highest BCUT2D eigenvalue weighted by Gasteiger charge is 2.12. The van der Waals surface area contributed by atoms with Crippen LogP contribution in [0.1, 0.15) is 11.3 Å². The van der Waals surface area contributed by atoms with Gasteiger partial charge < -0.3 is 4.74 Å². The minimum absolute atomic E-state index is 0.647. The van der Waals surface area contributed by atoms with Crippen molar-refractivity contribution in [1.29, 1.82) is 0 Å². The predicted octanol–water partition coefficient (Wildman–Crippen LogP) is 3.83. The van der Waals surface area contributed by atoms with E-state index in [9.17, 15) is 0 Å². The SMILES string of the molecule is COc1ccccc1-c1ccc(C)c(-c2nccc(C)n2)n1. The summed E-state index contributed by atoms with van der Waals surface area (Å²) in [5.74, 6) is 1.45. The highest BCUT2D eigenvalue weighted by Crippen LogP contribution is 2.30. The highest BCUT2D eigenvalue weighted by molar-refractivity contribution is 5.70. The van der Waals surface area contributed by atoms with E-state index in [2.05, 4.69) is 9.97 Å². The van der Waals surface area contributed by atoms with Gasteiger partial charge in [-0.2, -0.15) is 0 Å². The lowest BCUT2D eigenvalue weighted by atomic mass is 10.1. The molecule has 1 aromatic carbocycles. The van der Waals surface area contributed by atoms with Crippen LogP contribution in [0.5, 0.6) is 5.75 Å². The van der Waals surface area contributed by atoms with Gasteiger partial charge in [0.15, 0.2) is 5.82 Å². The second kappa shape index (κ2) is 5.93. The Morgan fingerprint density at radius 1 is 0.909 bits per heavy atom. The zero-order valence-electron chi connectivity index (χ0n) is 12.9. The van der Waals surface area contributed by atoms with Gasteiger partial charge in [0.05, 0.1) is 12.8 Å². The van der Waals surface area contributed by atoms with Gasteiger partial charge in [-0.05, 0) is 43.7 Å². The maximum atomic E-state index is 5.42. The molecule has 0 spiro atoms. The molecule has 3 rings (SSSR count). The van der Waals surface area contributed by atoms with Crippen LogP contribution < -0.4 is 4.74 Å². The van der Waals surface area contributed by atoms with Crippen LogP contribution in [-0.4, -0.2) is 22.1 Å². The lowest BCUT2D eigenvalue weighted by Crippen LogP contribution is -1.98. The van der Waals surface area contributed by atoms with Gasteiger partial charge in [0.1, 0.15) is 11.4 Å². The van der Waals surface area contributed by atoms with E-state index in [-0.39, 0.29) is 0 Å². The molecule has 2 heterocycles. The third-order valence-electron chi connectivity index (χ3n) is 3.49. The van der Waals surface area contributed by atoms with Crippen LogP contribution in [-0.2, 0) is 0 Å². The first-order valence-electron chi connectivity index (χ1n) is 7.10. The summed E-state index contributed by atoms with van der Waals surface area (Å²) in [6, 6.07) is 13.8. The number of rotatable bonds is 3. The fourth-order valence-electron chi connectivity index (χ4n) is 2.32. The van der Waals surface area contributed by atoms with E-state index in [4.69, 9.17) is 9.72 Å². The maximum absolute atomic E-state index is 5.42. The Kier molecular flexibility index (Phi) is 3.83. The molecular weight excluding hydrogens is 274 g/mol. The topological polar surface area (TPSA) is 47.9 Å². The largest absolute Gasteiger partial charge is 0.496 e. The Labute approximate surface area is 129 Å². The van der Waals surface area contributed by atoms with Gasteiger partial charge in [0.25, 0.3) is 0 Å². The smallest absolute Gasteiger partial charge is 0.178 e. The van der Waals surface area contributed by atoms with Gasteiger partial charge in [-0.3, -0.25) is 0 Å². The Hall–Kier alpha value is -2.75. The lowest BCUT2D eigenvalue weighted by Gasteiger charge is -2.10. The summed E-state index contributed by atoms with van der Waals surface area (Å²) >= 11 is 0. The van der Waals surface area contributed by atoms with Crippen molar-refractivity contribution >= 4 is 0 Å². The summed E-state index contributed by atoms with van der Waals surface area (Å²) in [6.45, 7) is 3.96. The molecule has 110 valence electrons. The van der Waals surface area contributed by atoms with E-state index in [0.717, 1.165) is 34.0 Å². The second-order valence-corrected chi connectivity index (χ2v) is 5.08. The molecule has 0 aliphatic rings. The van der Waals surface area contributed by atoms with Gasteiger partial charge >= 0.3 is 0 Å². The van der Waals surface area contributed by atoms with Crippen LogP contribution in [0.3, 0.4) is 0 Å². The number of hydrogen-bond donors (Lipinski definition) is 0. The first-order chi connectivity index (χ1) is 10.7. The Bertz CT molecular complexity index is 815. The third kappa shape index (κ3) is 2.68. The fourth-order valence-corrected chi connectivity index (χ4v) is 2.32. The molecule has 0 aliphatic heterocycles. The molecule has 0 radical (unpaired) electrons. The highest BCUT2D eigenvalue weighted by atomic mass is 16.5. The molecule has 4 nitrogen and oxygen atoms in total. The van der Waals surface area contributed by atoms with Crippen LogP contribution in [0.15, 0.2) is 48.7 Å². The van der Waals surface area contributed by atoms with E-state index in [1.807, 2.05) is 56.3 Å². The fraction of sp³-hybridized carbons (Fsp3) is 0.167. The van der Waals surface area contributed by atoms with E-state index in [1.165, 1.54) is 0 Å². The van der Waals surface area contributed by atoms with E-state index < -0.39 is 0 Å². The quantitative estimate of drug-likeness (QED) is 0.736. The van der Waals surface area contributed by atoms with E-state index >= 15 is 0 Å². The summed E-state index contributed by atoms with van der Waals surface area (Å²) in [6.07, 6.45) is 1.76. The number of methoxy groups -OCH3 is 1. The Morgan fingerprint density at radius 2 is 1.73 bits per heavy atom. The van der Waals surface area contributed by atoms with Crippen molar-refractivity contribution in [3.8, 4) is 28.5 Å². The van der Waals surface area contributed by atoms with E-state index in [1.54, 1.807) is 13.3 Å². The summed E-state index contributed by atoms with van der Waals surface area (Å²) in [4.78, 5) is 13.6. The first kappa shape index (κ1) is 14.2. The van der Waals surface area contributed by atoms with Gasteiger partial charge in [-0.15, -0.1) is 0 Å². The molecular formula is C18H17N3O. The monoisotopic (exact) mass is 291 g/mol. The molecule has 4 heteroatoms. The van der Waals surface area contributed by atoms with Gasteiger partial charge in [0.2, 0.25) is 0 Å². The molecule has 0 amide bonds. The van der Waals surface area contributed by atoms with Gasteiger partial charge in [0, 0.05) is 17.5 Å². The third-order valence-corrected chi connectivity index (χ3v) is 3.49. The lowest BCUT2D eigenvalue weighted by molar-refractivity contribution is 0.416. The zero-order chi connectivity index (χ0) is 15.5. The van der Waals surface area contributed by atoms with Crippen molar-refractivity contribution < 1.29 is 4.74 Å². The van der Waals surface area contributed by atoms with Crippen molar-refractivity contribution in [1.82, 2.24) is 15.0 Å². The number of nitrogens with zero attached hydrogens (tertiary/aromatic N) is 3. The number of benzene rings is 1. The van der Waals surface area contributed by atoms with Crippen molar-refractivity contribution in [2.45, 2.75) is 13.8 Å². The molecule has 0 N–H and O–H groups in total. The van der Waals surface area contributed by atoms with Crippen LogP contribution in [0.2, 0.25) is 0 Å². The van der Waals surface area contributed by atoms with Gasteiger partial charge in [-0.1, -0.05) is 18.2 Å². The van der Waals surface area contributed by atoms with E-state index in [0.29, 0.717) is 5.82 Å². The summed E-state index contributed by atoms with van der Waals surface area (Å²) in [7, 11) is 1.66. The summed E-state index contributed by atoms with van der Waals surface area (Å²) in [5, 5.41) is 0. The summed E-state index contributed by atoms with van der Waals surface area (Å²) in [5.41, 5.74) is 4.58. The molecule has 0 bridgehead atoms. The standard InChI is InChI=1S/C18H17N3O/c1-12-8-9-15(14-6-4-5-7-16(14)22-3)21-17(12)18-19-11-10-13(2)20-18/h4-11H,1-3H3. The first-order valence-corrected chi connectivity index (χ1v) is 7.10. The molecule has 3 aromatic rings. The van der Waals surface area contributed by atoms with Crippen molar-refractivity contribution in [3.05, 3.63) is 59.9 Å². The van der Waals surface area contributed by atoms with Crippen LogP contribution in [0, 0.1) is 13.8 Å². The molecule has 0 atom stereocenters. The zero-order valence-corrected chi connectivity index (χ0v) is 12.9. The minimum Gasteiger partial charge on any atom is -0.496 e. The minimum atomic E-state index is 0.647. The Morgan fingerprint density at radius 3 is 2.50 bits per heavy atom. The van der Waals surface area contributed by atoms with Crippen molar-refractivity contribution in [3.63, 3.8) is 0 Å². The van der Waals surface area contributed by atoms with Crippen molar-refractivity contribution in [2.24, 2.45) is 0 Å². The Balaban J connectivity index is 2.15. The molecule has 2 aromatic heterocycles. The van der Waals surface area contributed by atoms with Crippen molar-refractivity contribution in [2.75, 3.05) is 7.11 Å². The normalized spacial score (nSPS) is 10.5. The van der Waals surface area contributed by atoms with Gasteiger partial charge in [-0.25, -0.2) is 15.0 Å². The second-order valence-electron chi connectivity index (χ2n) is 5.08. The molecule has 22 heavy (non-hydrogen) atoms. The number of para-hydroxylation sites is 1. The molecule has 0 fully saturated rings. The number of aromatic nitrogens is 3. The van der Waals surface area contributed by atoms with Crippen LogP contribution in [0.4, 0.5) is 0 Å². The molecule has 0 unspecified atom stereocenters. The maximum Gasteiger partial charge on any atom is 0.178 e. The molecule has 0 aliphatic carbocycles. The van der Waals surface area contributed by atoms with Crippen LogP contribution in [0.25, 0.3) is 22.8 Å². The molecule has 0 saturated carbocycles. The average molecular weight is 291 g/mol. The number of ether oxygens (including phenoxy) is 1.